The number of pyridine rings is 2. The number of anilines is 1. The molecule has 0 saturated carbocycles. The average molecular weight is 490 g/mol. The van der Waals surface area contributed by atoms with Gasteiger partial charge in [0.1, 0.15) is 11.6 Å². The van der Waals surface area contributed by atoms with Gasteiger partial charge < -0.3 is 19.9 Å². The van der Waals surface area contributed by atoms with Crippen LogP contribution in [0.3, 0.4) is 0 Å². The van der Waals surface area contributed by atoms with E-state index in [2.05, 4.69) is 25.3 Å². The summed E-state index contributed by atoms with van der Waals surface area (Å²) in [6.45, 7) is 7.67. The minimum absolute atomic E-state index is 0.0823. The molecule has 35 heavy (non-hydrogen) atoms. The fourth-order valence-corrected chi connectivity index (χ4v) is 4.18. The van der Waals surface area contributed by atoms with Crippen molar-refractivity contribution in [2.24, 2.45) is 0 Å². The molecule has 4 heterocycles. The van der Waals surface area contributed by atoms with Gasteiger partial charge in [-0.25, -0.2) is 15.0 Å². The Morgan fingerprint density at radius 2 is 1.91 bits per heavy atom. The number of carbonyl (C=O) groups excluding carboxylic acids is 1. The lowest BCUT2D eigenvalue weighted by molar-refractivity contribution is -0.138. The van der Waals surface area contributed by atoms with E-state index in [-0.39, 0.29) is 46.5 Å². The molecule has 3 aromatic heterocycles. The molecule has 12 heteroatoms. The largest absolute Gasteiger partial charge is 0.418 e. The summed E-state index contributed by atoms with van der Waals surface area (Å²) in [5.41, 5.74) is -1.94. The highest BCUT2D eigenvalue weighted by Gasteiger charge is 2.36. The third-order valence-corrected chi connectivity index (χ3v) is 5.63. The van der Waals surface area contributed by atoms with E-state index in [9.17, 15) is 22.8 Å². The summed E-state index contributed by atoms with van der Waals surface area (Å²) in [7, 11) is 0. The van der Waals surface area contributed by atoms with Crippen LogP contribution in [0.5, 0.6) is 0 Å². The van der Waals surface area contributed by atoms with Crippen molar-refractivity contribution in [2.45, 2.75) is 52.1 Å². The van der Waals surface area contributed by atoms with Crippen LogP contribution in [0.4, 0.5) is 19.0 Å². The molecule has 0 bridgehead atoms. The number of aromatic amines is 1. The topological polar surface area (TPSA) is 113 Å². The van der Waals surface area contributed by atoms with E-state index in [4.69, 9.17) is 4.74 Å². The van der Waals surface area contributed by atoms with Gasteiger partial charge in [0.2, 0.25) is 0 Å². The number of alkyl halides is 3. The second-order valence-electron chi connectivity index (χ2n) is 8.70. The van der Waals surface area contributed by atoms with Crippen molar-refractivity contribution < 1.29 is 22.7 Å². The van der Waals surface area contributed by atoms with E-state index in [0.29, 0.717) is 18.7 Å². The summed E-state index contributed by atoms with van der Waals surface area (Å²) in [6, 6.07) is 2.96. The molecule has 0 aromatic carbocycles. The number of aryl methyl sites for hydroxylation is 1. The van der Waals surface area contributed by atoms with Gasteiger partial charge in [-0.2, -0.15) is 13.2 Å². The molecule has 186 valence electrons. The zero-order valence-corrected chi connectivity index (χ0v) is 19.6. The zero-order valence-electron chi connectivity index (χ0n) is 19.6. The van der Waals surface area contributed by atoms with E-state index < -0.39 is 23.3 Å². The molecule has 0 radical (unpaired) electrons. The fourth-order valence-electron chi connectivity index (χ4n) is 4.18. The number of carbonyl (C=O) groups is 1. The SMILES string of the molecule is Cc1nc2cc(C(F)(F)F)c([C@H](C)Nc3ccc(C(=O)N4C[C@@H](C)O[C@@H](C)C4)cn3)nc2c(=O)[nH]1. The molecule has 1 aliphatic rings. The molecule has 0 aliphatic carbocycles. The van der Waals surface area contributed by atoms with Gasteiger partial charge in [-0.05, 0) is 45.9 Å². The van der Waals surface area contributed by atoms with Crippen LogP contribution in [-0.2, 0) is 10.9 Å². The van der Waals surface area contributed by atoms with Crippen molar-refractivity contribution in [3.8, 4) is 0 Å². The number of ether oxygens (including phenoxy) is 1. The smallest absolute Gasteiger partial charge is 0.372 e. The van der Waals surface area contributed by atoms with E-state index in [1.807, 2.05) is 13.8 Å². The lowest BCUT2D eigenvalue weighted by Gasteiger charge is -2.35. The van der Waals surface area contributed by atoms with Crippen LogP contribution in [0.15, 0.2) is 29.2 Å². The highest BCUT2D eigenvalue weighted by molar-refractivity contribution is 5.94. The average Bonchev–Trinajstić information content (AvgIpc) is 2.77. The monoisotopic (exact) mass is 490 g/mol. The summed E-state index contributed by atoms with van der Waals surface area (Å²) >= 11 is 0. The van der Waals surface area contributed by atoms with Crippen LogP contribution in [0.25, 0.3) is 11.0 Å². The van der Waals surface area contributed by atoms with Crippen LogP contribution in [-0.4, -0.2) is 56.0 Å². The number of nitrogens with zero attached hydrogens (tertiary/aromatic N) is 4. The first-order valence-electron chi connectivity index (χ1n) is 11.1. The standard InChI is InChI=1S/C23H25F3N6O3/c1-11-9-32(10-12(2)35-11)22(34)15-5-6-18(27-8-15)28-13(3)19-16(23(24,25)26)7-17-20(31-19)21(33)30-14(4)29-17/h5-8,11-13H,9-10H2,1-4H3,(H,27,28)(H,29,30,33)/t11-,12+,13-/m0/s1. The number of morpholine rings is 1. The van der Waals surface area contributed by atoms with Crippen LogP contribution < -0.4 is 10.9 Å². The molecule has 1 aliphatic heterocycles. The maximum absolute atomic E-state index is 13.8. The van der Waals surface area contributed by atoms with Crippen molar-refractivity contribution in [3.63, 3.8) is 0 Å². The Bertz CT molecular complexity index is 1300. The number of hydrogen-bond donors (Lipinski definition) is 2. The quantitative estimate of drug-likeness (QED) is 0.576. The molecule has 3 atom stereocenters. The number of fused-ring (bicyclic) bond motifs is 1. The molecule has 2 N–H and O–H groups in total. The summed E-state index contributed by atoms with van der Waals surface area (Å²) in [5.74, 6) is 0.247. The zero-order chi connectivity index (χ0) is 25.5. The van der Waals surface area contributed by atoms with Crippen LogP contribution in [0, 0.1) is 6.92 Å². The Morgan fingerprint density at radius 1 is 1.23 bits per heavy atom. The van der Waals surface area contributed by atoms with Gasteiger partial charge in [0.25, 0.3) is 11.5 Å². The van der Waals surface area contributed by atoms with Gasteiger partial charge >= 0.3 is 6.18 Å². The lowest BCUT2D eigenvalue weighted by atomic mass is 10.1. The second kappa shape index (κ2) is 9.25. The highest BCUT2D eigenvalue weighted by atomic mass is 19.4. The minimum atomic E-state index is -4.71. The van der Waals surface area contributed by atoms with E-state index in [0.717, 1.165) is 6.07 Å². The number of aromatic nitrogens is 4. The number of rotatable bonds is 4. The molecule has 1 saturated heterocycles. The molecule has 3 aromatic rings. The number of H-pyrrole nitrogens is 1. The lowest BCUT2D eigenvalue weighted by Crippen LogP contribution is -2.48. The van der Waals surface area contributed by atoms with Gasteiger partial charge in [0.05, 0.1) is 40.6 Å². The van der Waals surface area contributed by atoms with E-state index in [1.54, 1.807) is 11.0 Å². The molecular weight excluding hydrogens is 465 g/mol. The first-order chi connectivity index (χ1) is 16.4. The van der Waals surface area contributed by atoms with Crippen LogP contribution >= 0.6 is 0 Å². The molecule has 1 fully saturated rings. The number of hydrogen-bond acceptors (Lipinski definition) is 7. The maximum Gasteiger partial charge on any atom is 0.418 e. The van der Waals surface area contributed by atoms with Crippen molar-refractivity contribution in [1.82, 2.24) is 24.8 Å². The maximum atomic E-state index is 13.8. The predicted octanol–water partition coefficient (Wildman–Crippen LogP) is 3.46. The second-order valence-corrected chi connectivity index (χ2v) is 8.70. The summed E-state index contributed by atoms with van der Waals surface area (Å²) in [6.07, 6.45) is -3.50. The van der Waals surface area contributed by atoms with Crippen LogP contribution in [0.2, 0.25) is 0 Å². The Kier molecular flexibility index (Phi) is 6.50. The molecule has 0 spiro atoms. The van der Waals surface area contributed by atoms with Gasteiger partial charge in [0, 0.05) is 19.3 Å². The molecule has 0 unspecified atom stereocenters. The molecule has 1 amide bonds. The minimum Gasteiger partial charge on any atom is -0.372 e. The first kappa shape index (κ1) is 24.6. The Labute approximate surface area is 198 Å². The van der Waals surface area contributed by atoms with Crippen molar-refractivity contribution in [3.05, 3.63) is 57.4 Å². The molecule has 9 nitrogen and oxygen atoms in total. The molecule has 4 rings (SSSR count). The summed E-state index contributed by atoms with van der Waals surface area (Å²) in [4.78, 5) is 41.4. The highest BCUT2D eigenvalue weighted by Crippen LogP contribution is 2.35. The third-order valence-electron chi connectivity index (χ3n) is 5.63. The van der Waals surface area contributed by atoms with E-state index in [1.165, 1.54) is 26.1 Å². The summed E-state index contributed by atoms with van der Waals surface area (Å²) < 4.78 is 47.1. The van der Waals surface area contributed by atoms with Gasteiger partial charge in [-0.3, -0.25) is 9.59 Å². The first-order valence-corrected chi connectivity index (χ1v) is 11.1. The Balaban J connectivity index is 1.59. The van der Waals surface area contributed by atoms with Crippen molar-refractivity contribution in [2.75, 3.05) is 18.4 Å². The predicted molar refractivity (Wildman–Crippen MR) is 122 cm³/mol. The summed E-state index contributed by atoms with van der Waals surface area (Å²) in [5, 5.41) is 2.87. The fraction of sp³-hybridized carbons (Fsp3) is 0.435. The Morgan fingerprint density at radius 3 is 2.51 bits per heavy atom. The third kappa shape index (κ3) is 5.26. The van der Waals surface area contributed by atoms with Gasteiger partial charge in [-0.15, -0.1) is 0 Å². The number of amides is 1. The van der Waals surface area contributed by atoms with Gasteiger partial charge in [-0.1, -0.05) is 0 Å². The number of nitrogens with one attached hydrogen (secondary N) is 2. The normalized spacial score (nSPS) is 19.6. The van der Waals surface area contributed by atoms with Gasteiger partial charge in [0.15, 0.2) is 5.52 Å². The van der Waals surface area contributed by atoms with Crippen LogP contribution in [0.1, 0.15) is 54.3 Å². The molecular formula is C23H25F3N6O3. The van der Waals surface area contributed by atoms with E-state index >= 15 is 0 Å². The Hall–Kier alpha value is -3.54. The number of halogens is 3. The van der Waals surface area contributed by atoms with Crippen molar-refractivity contribution in [1.29, 1.82) is 0 Å². The van der Waals surface area contributed by atoms with Crippen molar-refractivity contribution >= 4 is 22.8 Å².